The molecule has 0 atom stereocenters. The van der Waals surface area contributed by atoms with E-state index in [2.05, 4.69) is 10.4 Å². The molecule has 0 aliphatic heterocycles. The second-order valence-electron chi connectivity index (χ2n) is 8.23. The van der Waals surface area contributed by atoms with Gasteiger partial charge in [0.15, 0.2) is 5.69 Å². The summed E-state index contributed by atoms with van der Waals surface area (Å²) in [5.74, 6) is -0.735. The lowest BCUT2D eigenvalue weighted by atomic mass is 10.1. The van der Waals surface area contributed by atoms with E-state index in [4.69, 9.17) is 4.74 Å². The largest absolute Gasteiger partial charge is 0.444 e. The Balaban J connectivity index is 1.74. The third-order valence-electron chi connectivity index (χ3n) is 4.57. The first-order chi connectivity index (χ1) is 15.2. The quantitative estimate of drug-likeness (QED) is 0.586. The number of hydrogen-bond donors (Lipinski definition) is 1. The van der Waals surface area contributed by atoms with Crippen molar-refractivity contribution in [3.05, 3.63) is 77.9 Å². The summed E-state index contributed by atoms with van der Waals surface area (Å²) in [5, 5.41) is 7.14. The topological polar surface area (TPSA) is 76.5 Å². The van der Waals surface area contributed by atoms with Crippen LogP contribution in [0.4, 0.5) is 14.9 Å². The normalized spacial score (nSPS) is 11.2. The van der Waals surface area contributed by atoms with Gasteiger partial charge >= 0.3 is 6.09 Å². The predicted octanol–water partition coefficient (Wildman–Crippen LogP) is 5.02. The van der Waals surface area contributed by atoms with Crippen LogP contribution in [0.25, 0.3) is 5.69 Å². The van der Waals surface area contributed by atoms with Crippen LogP contribution in [0.1, 0.15) is 43.7 Å². The summed E-state index contributed by atoms with van der Waals surface area (Å²) in [6.07, 6.45) is 1.22. The Kier molecular flexibility index (Phi) is 6.92. The Hall–Kier alpha value is -3.68. The molecule has 1 N–H and O–H groups in total. The molecule has 0 fully saturated rings. The number of anilines is 1. The van der Waals surface area contributed by atoms with Crippen molar-refractivity contribution in [2.45, 2.75) is 39.8 Å². The number of ether oxygens (including phenoxy) is 1. The molecule has 32 heavy (non-hydrogen) atoms. The highest BCUT2D eigenvalue weighted by atomic mass is 19.1. The van der Waals surface area contributed by atoms with E-state index >= 15 is 0 Å². The van der Waals surface area contributed by atoms with E-state index in [9.17, 15) is 14.0 Å². The summed E-state index contributed by atoms with van der Waals surface area (Å²) in [5.41, 5.74) is 1.61. The molecule has 0 bridgehead atoms. The van der Waals surface area contributed by atoms with Gasteiger partial charge in [-0.3, -0.25) is 4.79 Å². The number of hydrogen-bond acceptors (Lipinski definition) is 4. The first-order valence-electron chi connectivity index (χ1n) is 10.3. The summed E-state index contributed by atoms with van der Waals surface area (Å²) in [7, 11) is 0. The number of amides is 2. The third-order valence-corrected chi connectivity index (χ3v) is 4.57. The lowest BCUT2D eigenvalue weighted by Crippen LogP contribution is -2.36. The zero-order chi connectivity index (χ0) is 23.3. The van der Waals surface area contributed by atoms with Crippen molar-refractivity contribution >= 4 is 17.7 Å². The fraction of sp³-hybridized carbons (Fsp3) is 0.292. The SMILES string of the molecule is CCN(Cc1ccccc1NC(=O)c1ccn(-c2ccc(F)cc2)n1)C(=O)OC(C)(C)C. The van der Waals surface area contributed by atoms with Crippen LogP contribution in [0, 0.1) is 5.82 Å². The van der Waals surface area contributed by atoms with Gasteiger partial charge < -0.3 is 15.0 Å². The predicted molar refractivity (Wildman–Crippen MR) is 120 cm³/mol. The van der Waals surface area contributed by atoms with Crippen molar-refractivity contribution < 1.29 is 18.7 Å². The van der Waals surface area contributed by atoms with Crippen LogP contribution in [0.2, 0.25) is 0 Å². The van der Waals surface area contributed by atoms with Gasteiger partial charge in [0.05, 0.1) is 12.2 Å². The number of halogens is 1. The molecular formula is C24H27FN4O3. The molecule has 0 spiro atoms. The highest BCUT2D eigenvalue weighted by molar-refractivity contribution is 6.03. The highest BCUT2D eigenvalue weighted by Gasteiger charge is 2.22. The highest BCUT2D eigenvalue weighted by Crippen LogP contribution is 2.20. The summed E-state index contributed by atoms with van der Waals surface area (Å²) in [6.45, 7) is 8.06. The molecule has 0 unspecified atom stereocenters. The summed E-state index contributed by atoms with van der Waals surface area (Å²) in [4.78, 5) is 26.8. The molecule has 0 aliphatic carbocycles. The molecule has 0 saturated heterocycles. The lowest BCUT2D eigenvalue weighted by Gasteiger charge is -2.27. The van der Waals surface area contributed by atoms with Gasteiger partial charge in [-0.25, -0.2) is 13.9 Å². The molecule has 7 nitrogen and oxygen atoms in total. The molecule has 0 saturated carbocycles. The van der Waals surface area contributed by atoms with Gasteiger partial charge in [-0.2, -0.15) is 5.10 Å². The Bertz CT molecular complexity index is 1090. The average Bonchev–Trinajstić information content (AvgIpc) is 3.22. The van der Waals surface area contributed by atoms with Crippen molar-refractivity contribution in [3.63, 3.8) is 0 Å². The average molecular weight is 439 g/mol. The van der Waals surface area contributed by atoms with E-state index < -0.39 is 17.6 Å². The Labute approximate surface area is 186 Å². The second-order valence-corrected chi connectivity index (χ2v) is 8.23. The van der Waals surface area contributed by atoms with Crippen LogP contribution in [0.15, 0.2) is 60.8 Å². The van der Waals surface area contributed by atoms with Gasteiger partial charge in [0.2, 0.25) is 0 Å². The second kappa shape index (κ2) is 9.64. The third kappa shape index (κ3) is 5.94. The van der Waals surface area contributed by atoms with E-state index in [0.717, 1.165) is 5.56 Å². The van der Waals surface area contributed by atoms with Crippen LogP contribution in [-0.2, 0) is 11.3 Å². The van der Waals surface area contributed by atoms with E-state index in [1.54, 1.807) is 41.4 Å². The minimum atomic E-state index is -0.596. The lowest BCUT2D eigenvalue weighted by molar-refractivity contribution is 0.0245. The molecule has 168 valence electrons. The number of nitrogens with one attached hydrogen (secondary N) is 1. The number of rotatable bonds is 6. The zero-order valence-corrected chi connectivity index (χ0v) is 18.6. The summed E-state index contributed by atoms with van der Waals surface area (Å²) in [6, 6.07) is 14.7. The van der Waals surface area contributed by atoms with Gasteiger partial charge in [-0.1, -0.05) is 18.2 Å². The van der Waals surface area contributed by atoms with Crippen LogP contribution >= 0.6 is 0 Å². The Morgan fingerprint density at radius 2 is 1.78 bits per heavy atom. The van der Waals surface area contributed by atoms with E-state index in [0.29, 0.717) is 17.9 Å². The molecule has 1 aromatic heterocycles. The van der Waals surface area contributed by atoms with Gasteiger partial charge in [0.25, 0.3) is 5.91 Å². The maximum absolute atomic E-state index is 13.1. The van der Waals surface area contributed by atoms with Crippen LogP contribution in [0.5, 0.6) is 0 Å². The van der Waals surface area contributed by atoms with Crippen LogP contribution in [0.3, 0.4) is 0 Å². The van der Waals surface area contributed by atoms with E-state index in [-0.39, 0.29) is 18.1 Å². The van der Waals surface area contributed by atoms with Gasteiger partial charge in [0, 0.05) is 18.4 Å². The molecule has 1 heterocycles. The number of benzene rings is 2. The molecular weight excluding hydrogens is 411 g/mol. The van der Waals surface area contributed by atoms with Crippen molar-refractivity contribution in [2.24, 2.45) is 0 Å². The molecule has 0 aliphatic rings. The Morgan fingerprint density at radius 3 is 2.44 bits per heavy atom. The number of carbonyl (C=O) groups excluding carboxylic acids is 2. The summed E-state index contributed by atoms with van der Waals surface area (Å²) >= 11 is 0. The van der Waals surface area contributed by atoms with Crippen molar-refractivity contribution in [1.82, 2.24) is 14.7 Å². The van der Waals surface area contributed by atoms with Gasteiger partial charge in [0.1, 0.15) is 11.4 Å². The monoisotopic (exact) mass is 438 g/mol. The maximum atomic E-state index is 13.1. The number of aromatic nitrogens is 2. The molecule has 2 amide bonds. The minimum Gasteiger partial charge on any atom is -0.444 e. The minimum absolute atomic E-state index is 0.212. The fourth-order valence-corrected chi connectivity index (χ4v) is 2.99. The van der Waals surface area contributed by atoms with Crippen LogP contribution < -0.4 is 5.32 Å². The Morgan fingerprint density at radius 1 is 1.09 bits per heavy atom. The maximum Gasteiger partial charge on any atom is 0.410 e. The van der Waals surface area contributed by atoms with E-state index in [1.165, 1.54) is 16.8 Å². The van der Waals surface area contributed by atoms with Crippen molar-refractivity contribution in [2.75, 3.05) is 11.9 Å². The van der Waals surface area contributed by atoms with Gasteiger partial charge in [-0.05, 0) is 69.7 Å². The van der Waals surface area contributed by atoms with Crippen LogP contribution in [-0.4, -0.2) is 38.8 Å². The fourth-order valence-electron chi connectivity index (χ4n) is 2.99. The smallest absolute Gasteiger partial charge is 0.410 e. The van der Waals surface area contributed by atoms with Crippen molar-refractivity contribution in [3.8, 4) is 5.69 Å². The van der Waals surface area contributed by atoms with Gasteiger partial charge in [-0.15, -0.1) is 0 Å². The zero-order valence-electron chi connectivity index (χ0n) is 18.6. The summed E-state index contributed by atoms with van der Waals surface area (Å²) < 4.78 is 20.1. The number of carbonyl (C=O) groups is 2. The first-order valence-corrected chi connectivity index (χ1v) is 10.3. The molecule has 2 aromatic carbocycles. The molecule has 8 heteroatoms. The number of nitrogens with zero attached hydrogens (tertiary/aromatic N) is 3. The van der Waals surface area contributed by atoms with Crippen molar-refractivity contribution in [1.29, 1.82) is 0 Å². The first kappa shape index (κ1) is 23.0. The molecule has 3 rings (SSSR count). The molecule has 0 radical (unpaired) electrons. The molecule has 3 aromatic rings. The number of para-hydroxylation sites is 1. The standard InChI is InChI=1S/C24H27FN4O3/c1-5-28(23(31)32-24(2,3)4)16-17-8-6-7-9-20(17)26-22(30)21-14-15-29(27-21)19-12-10-18(25)11-13-19/h6-15H,5,16H2,1-4H3,(H,26,30). The van der Waals surface area contributed by atoms with E-state index in [1.807, 2.05) is 39.8 Å².